The molecular formula is C27H33F2N3O3. The van der Waals surface area contributed by atoms with Crippen molar-refractivity contribution in [1.82, 2.24) is 14.9 Å². The molecule has 3 aromatic rings. The van der Waals surface area contributed by atoms with E-state index in [1.807, 2.05) is 25.3 Å². The monoisotopic (exact) mass is 485 g/mol. The first-order chi connectivity index (χ1) is 16.7. The van der Waals surface area contributed by atoms with E-state index in [1.165, 1.54) is 18.2 Å². The third kappa shape index (κ3) is 6.74. The fraction of sp³-hybridized carbons (Fsp3) is 0.407. The van der Waals surface area contributed by atoms with E-state index >= 15 is 0 Å². The number of carbonyl (C=O) groups excluding carboxylic acids is 1. The fourth-order valence-corrected chi connectivity index (χ4v) is 4.04. The van der Waals surface area contributed by atoms with Gasteiger partial charge in [-0.25, -0.2) is 13.8 Å². The number of aliphatic hydroxyl groups excluding tert-OH is 2. The molecule has 3 rings (SSSR count). The first kappa shape index (κ1) is 26.5. The lowest BCUT2D eigenvalue weighted by Crippen LogP contribution is -2.25. The van der Waals surface area contributed by atoms with Crippen LogP contribution in [-0.2, 0) is 13.1 Å². The molecule has 2 atom stereocenters. The van der Waals surface area contributed by atoms with Gasteiger partial charge in [-0.2, -0.15) is 0 Å². The van der Waals surface area contributed by atoms with Gasteiger partial charge in [-0.15, -0.1) is 0 Å². The Bertz CT molecular complexity index is 1130. The Morgan fingerprint density at radius 2 is 1.74 bits per heavy atom. The first-order valence-corrected chi connectivity index (χ1v) is 11.9. The quantitative estimate of drug-likeness (QED) is 0.364. The number of nitrogens with zero attached hydrogens (tertiary/aromatic N) is 2. The Kier molecular flexibility index (Phi) is 9.12. The minimum atomic E-state index is -0.730. The minimum Gasteiger partial charge on any atom is -0.393 e. The number of carbonyl (C=O) groups is 1. The molecule has 0 aliphatic rings. The molecule has 1 amide bonds. The lowest BCUT2D eigenvalue weighted by atomic mass is 10.1. The third-order valence-corrected chi connectivity index (χ3v) is 5.97. The summed E-state index contributed by atoms with van der Waals surface area (Å²) in [4.78, 5) is 17.8. The van der Waals surface area contributed by atoms with Crippen molar-refractivity contribution < 1.29 is 23.8 Å². The number of hydrogen-bond acceptors (Lipinski definition) is 4. The number of benzene rings is 2. The van der Waals surface area contributed by atoms with Crippen LogP contribution in [0, 0.1) is 11.6 Å². The molecule has 0 fully saturated rings. The van der Waals surface area contributed by atoms with Crippen molar-refractivity contribution >= 4 is 5.91 Å². The number of rotatable bonds is 11. The molecule has 35 heavy (non-hydrogen) atoms. The molecule has 2 unspecified atom stereocenters. The molecule has 2 aromatic carbocycles. The van der Waals surface area contributed by atoms with Crippen LogP contribution < -0.4 is 5.32 Å². The summed E-state index contributed by atoms with van der Waals surface area (Å²) in [5.41, 5.74) is 1.87. The Morgan fingerprint density at radius 3 is 2.37 bits per heavy atom. The number of nitrogens with one attached hydrogen (secondary N) is 1. The van der Waals surface area contributed by atoms with Crippen LogP contribution in [-0.4, -0.2) is 37.9 Å². The van der Waals surface area contributed by atoms with Gasteiger partial charge in [-0.3, -0.25) is 4.79 Å². The lowest BCUT2D eigenvalue weighted by molar-refractivity contribution is 0.0711. The Balaban J connectivity index is 1.95. The molecule has 0 saturated carbocycles. The molecule has 1 heterocycles. The van der Waals surface area contributed by atoms with Crippen LogP contribution >= 0.6 is 0 Å². The molecule has 3 N–H and O–H groups in total. The normalized spacial score (nSPS) is 13.1. The predicted octanol–water partition coefficient (Wildman–Crippen LogP) is 4.79. The van der Waals surface area contributed by atoms with E-state index in [-0.39, 0.29) is 30.4 Å². The number of hydrogen-bond donors (Lipinski definition) is 3. The van der Waals surface area contributed by atoms with Gasteiger partial charge < -0.3 is 20.1 Å². The summed E-state index contributed by atoms with van der Waals surface area (Å²) in [6.45, 7) is 6.09. The number of halogens is 2. The van der Waals surface area contributed by atoms with Gasteiger partial charge in [-0.1, -0.05) is 39.0 Å². The molecule has 0 radical (unpaired) electrons. The predicted molar refractivity (Wildman–Crippen MR) is 131 cm³/mol. The van der Waals surface area contributed by atoms with Gasteiger partial charge in [0.2, 0.25) is 0 Å². The second kappa shape index (κ2) is 12.0. The number of aliphatic hydroxyl groups is 2. The summed E-state index contributed by atoms with van der Waals surface area (Å²) in [6, 6.07) is 12.1. The summed E-state index contributed by atoms with van der Waals surface area (Å²) < 4.78 is 29.5. The van der Waals surface area contributed by atoms with Crippen LogP contribution in [0.3, 0.4) is 0 Å². The molecule has 188 valence electrons. The summed E-state index contributed by atoms with van der Waals surface area (Å²) in [5.74, 6) is -0.848. The number of aromatic nitrogens is 2. The molecule has 0 saturated heterocycles. The highest BCUT2D eigenvalue weighted by Crippen LogP contribution is 2.29. The molecule has 1 aromatic heterocycles. The van der Waals surface area contributed by atoms with Gasteiger partial charge in [0.15, 0.2) is 0 Å². The maximum Gasteiger partial charge on any atom is 0.272 e. The SMILES string of the molecule is CCC(O)CC(O)CCn1c(-c2ccc(F)cc2)nc(C(=O)NCc2ccccc2F)c1C(C)C. The first-order valence-electron chi connectivity index (χ1n) is 11.9. The van der Waals surface area contributed by atoms with Gasteiger partial charge in [0, 0.05) is 24.2 Å². The summed E-state index contributed by atoms with van der Waals surface area (Å²) in [5, 5.41) is 23.1. The van der Waals surface area contributed by atoms with Crippen molar-refractivity contribution in [3.05, 3.63) is 77.1 Å². The van der Waals surface area contributed by atoms with Crippen molar-refractivity contribution in [2.45, 2.75) is 71.2 Å². The molecule has 0 aliphatic heterocycles. The van der Waals surface area contributed by atoms with Crippen molar-refractivity contribution in [2.24, 2.45) is 0 Å². The molecular weight excluding hydrogens is 452 g/mol. The smallest absolute Gasteiger partial charge is 0.272 e. The number of amides is 1. The van der Waals surface area contributed by atoms with E-state index < -0.39 is 23.9 Å². The van der Waals surface area contributed by atoms with Crippen LogP contribution in [0.15, 0.2) is 48.5 Å². The van der Waals surface area contributed by atoms with E-state index in [1.54, 1.807) is 30.3 Å². The maximum atomic E-state index is 14.0. The van der Waals surface area contributed by atoms with Crippen LogP contribution in [0.5, 0.6) is 0 Å². The zero-order chi connectivity index (χ0) is 25.5. The molecule has 0 aliphatic carbocycles. The molecule has 0 bridgehead atoms. The van der Waals surface area contributed by atoms with Gasteiger partial charge in [0.05, 0.1) is 17.9 Å². The zero-order valence-corrected chi connectivity index (χ0v) is 20.3. The van der Waals surface area contributed by atoms with Gasteiger partial charge in [0.25, 0.3) is 5.91 Å². The van der Waals surface area contributed by atoms with E-state index in [2.05, 4.69) is 10.3 Å². The van der Waals surface area contributed by atoms with Gasteiger partial charge in [-0.05, 0) is 55.5 Å². The van der Waals surface area contributed by atoms with Crippen LogP contribution in [0.1, 0.15) is 67.7 Å². The largest absolute Gasteiger partial charge is 0.393 e. The second-order valence-corrected chi connectivity index (χ2v) is 9.00. The van der Waals surface area contributed by atoms with Crippen LogP contribution in [0.2, 0.25) is 0 Å². The van der Waals surface area contributed by atoms with Gasteiger partial charge >= 0.3 is 0 Å². The summed E-state index contributed by atoms with van der Waals surface area (Å²) in [7, 11) is 0. The zero-order valence-electron chi connectivity index (χ0n) is 20.3. The fourth-order valence-electron chi connectivity index (χ4n) is 4.04. The number of imidazole rings is 1. The van der Waals surface area contributed by atoms with E-state index in [4.69, 9.17) is 0 Å². The average Bonchev–Trinajstić information content (AvgIpc) is 3.22. The standard InChI is InChI=1S/C27H33F2N3O3/c1-4-21(33)15-22(34)13-14-32-25(17(2)3)24(31-26(32)18-9-11-20(28)12-10-18)27(35)30-16-19-7-5-6-8-23(19)29/h5-12,17,21-22,33-34H,4,13-16H2,1-3H3,(H,30,35). The van der Waals surface area contributed by atoms with E-state index in [0.29, 0.717) is 42.0 Å². The highest BCUT2D eigenvalue weighted by molar-refractivity contribution is 5.94. The minimum absolute atomic E-state index is 0.00933. The topological polar surface area (TPSA) is 87.4 Å². The summed E-state index contributed by atoms with van der Waals surface area (Å²) >= 11 is 0. The highest BCUT2D eigenvalue weighted by Gasteiger charge is 2.26. The van der Waals surface area contributed by atoms with Crippen LogP contribution in [0.4, 0.5) is 8.78 Å². The van der Waals surface area contributed by atoms with Crippen molar-refractivity contribution in [2.75, 3.05) is 0 Å². The highest BCUT2D eigenvalue weighted by atomic mass is 19.1. The third-order valence-electron chi connectivity index (χ3n) is 5.97. The van der Waals surface area contributed by atoms with E-state index in [9.17, 15) is 23.8 Å². The van der Waals surface area contributed by atoms with Gasteiger partial charge in [0.1, 0.15) is 23.2 Å². The Morgan fingerprint density at radius 1 is 1.06 bits per heavy atom. The van der Waals surface area contributed by atoms with Crippen molar-refractivity contribution in [1.29, 1.82) is 0 Å². The lowest BCUT2D eigenvalue weighted by Gasteiger charge is -2.19. The second-order valence-electron chi connectivity index (χ2n) is 9.00. The van der Waals surface area contributed by atoms with Crippen LogP contribution in [0.25, 0.3) is 11.4 Å². The van der Waals surface area contributed by atoms with Crippen molar-refractivity contribution in [3.8, 4) is 11.4 Å². The molecule has 0 spiro atoms. The maximum absolute atomic E-state index is 14.0. The average molecular weight is 486 g/mol. The van der Waals surface area contributed by atoms with Crippen molar-refractivity contribution in [3.63, 3.8) is 0 Å². The Hall–Kier alpha value is -3.10. The summed E-state index contributed by atoms with van der Waals surface area (Å²) in [6.07, 6.45) is -0.172. The molecule has 8 heteroatoms. The molecule has 6 nitrogen and oxygen atoms in total. The Labute approximate surface area is 204 Å². The van der Waals surface area contributed by atoms with E-state index in [0.717, 1.165) is 0 Å².